The lowest BCUT2D eigenvalue weighted by molar-refractivity contribution is -0.156. The number of ether oxygens (including phenoxy) is 3. The number of benzene rings is 3. The van der Waals surface area contributed by atoms with Crippen molar-refractivity contribution in [3.63, 3.8) is 0 Å². The zero-order valence-electron chi connectivity index (χ0n) is 21.0. The second-order valence-electron chi connectivity index (χ2n) is 8.45. The Labute approximate surface area is 209 Å². The first kappa shape index (κ1) is 26.2. The van der Waals surface area contributed by atoms with Crippen molar-refractivity contribution in [2.24, 2.45) is 0 Å². The van der Waals surface area contributed by atoms with Crippen LogP contribution in [0.2, 0.25) is 0 Å². The molecule has 0 fully saturated rings. The van der Waals surface area contributed by atoms with Gasteiger partial charge in [-0.25, -0.2) is 4.79 Å². The van der Waals surface area contributed by atoms with E-state index in [1.807, 2.05) is 37.3 Å². The molecule has 0 heterocycles. The van der Waals surface area contributed by atoms with Gasteiger partial charge in [-0.2, -0.15) is 0 Å². The van der Waals surface area contributed by atoms with Gasteiger partial charge >= 0.3 is 5.97 Å². The molecule has 3 aromatic carbocycles. The quantitative estimate of drug-likeness (QED) is 0.196. The first-order chi connectivity index (χ1) is 17.1. The first-order valence-corrected chi connectivity index (χ1v) is 12.4. The molecule has 0 bridgehead atoms. The molecule has 0 aliphatic heterocycles. The number of rotatable bonds is 13. The van der Waals surface area contributed by atoms with Crippen LogP contribution in [0.3, 0.4) is 0 Å². The maximum Gasteiger partial charge on any atom is 0.335 e. The van der Waals surface area contributed by atoms with Crippen LogP contribution in [-0.2, 0) is 20.7 Å². The molecule has 3 aromatic rings. The van der Waals surface area contributed by atoms with Gasteiger partial charge in [0.1, 0.15) is 12.4 Å². The molecule has 0 aliphatic rings. The summed E-state index contributed by atoms with van der Waals surface area (Å²) in [6.07, 6.45) is 3.94. The van der Waals surface area contributed by atoms with Crippen LogP contribution < -0.4 is 4.74 Å². The normalized spacial score (nSPS) is 12.3. The molecule has 1 unspecified atom stereocenters. The van der Waals surface area contributed by atoms with Gasteiger partial charge in [0.05, 0.1) is 6.61 Å². The van der Waals surface area contributed by atoms with E-state index >= 15 is 0 Å². The van der Waals surface area contributed by atoms with Crippen molar-refractivity contribution in [1.82, 2.24) is 0 Å². The number of hydrogen-bond acceptors (Lipinski definition) is 4. The summed E-state index contributed by atoms with van der Waals surface area (Å²) in [4.78, 5) is 12.2. The van der Waals surface area contributed by atoms with Crippen LogP contribution in [0.5, 0.6) is 5.75 Å². The van der Waals surface area contributed by atoms with Gasteiger partial charge in [-0.3, -0.25) is 0 Å². The van der Waals surface area contributed by atoms with Crippen LogP contribution in [0.15, 0.2) is 84.9 Å². The Bertz CT molecular complexity index is 1050. The highest BCUT2D eigenvalue weighted by Gasteiger charge is 2.21. The van der Waals surface area contributed by atoms with E-state index in [4.69, 9.17) is 14.2 Å². The van der Waals surface area contributed by atoms with Crippen LogP contribution in [0.25, 0.3) is 16.7 Å². The Morgan fingerprint density at radius 3 is 2.23 bits per heavy atom. The van der Waals surface area contributed by atoms with Crippen molar-refractivity contribution in [3.05, 3.63) is 96.1 Å². The molecule has 35 heavy (non-hydrogen) atoms. The number of esters is 1. The average molecular weight is 473 g/mol. The maximum absolute atomic E-state index is 12.2. The third kappa shape index (κ3) is 8.41. The molecule has 4 nitrogen and oxygen atoms in total. The summed E-state index contributed by atoms with van der Waals surface area (Å²) < 4.78 is 16.9. The Morgan fingerprint density at radius 2 is 1.57 bits per heavy atom. The highest BCUT2D eigenvalue weighted by molar-refractivity contribution is 5.75. The van der Waals surface area contributed by atoms with Crippen LogP contribution in [0, 0.1) is 0 Å². The highest BCUT2D eigenvalue weighted by Crippen LogP contribution is 2.22. The second-order valence-corrected chi connectivity index (χ2v) is 8.45. The zero-order valence-corrected chi connectivity index (χ0v) is 21.0. The fraction of sp³-hybridized carbons (Fsp3) is 0.323. The maximum atomic E-state index is 12.2. The predicted molar refractivity (Wildman–Crippen MR) is 142 cm³/mol. The van der Waals surface area contributed by atoms with Gasteiger partial charge in [0.2, 0.25) is 0 Å². The van der Waals surface area contributed by atoms with E-state index in [9.17, 15) is 4.79 Å². The van der Waals surface area contributed by atoms with Gasteiger partial charge in [0, 0.05) is 13.0 Å². The summed E-state index contributed by atoms with van der Waals surface area (Å²) in [6, 6.07) is 26.8. The van der Waals surface area contributed by atoms with Crippen LogP contribution in [0.4, 0.5) is 0 Å². The van der Waals surface area contributed by atoms with Gasteiger partial charge in [-0.05, 0) is 66.3 Å². The number of allylic oxidation sites excluding steroid dienone is 1. The van der Waals surface area contributed by atoms with Crippen molar-refractivity contribution in [2.45, 2.75) is 46.1 Å². The molecule has 0 N–H and O–H groups in total. The molecule has 0 aliphatic carbocycles. The summed E-state index contributed by atoms with van der Waals surface area (Å²) >= 11 is 0. The van der Waals surface area contributed by atoms with E-state index in [1.165, 1.54) is 22.3 Å². The lowest BCUT2D eigenvalue weighted by Crippen LogP contribution is -2.29. The lowest BCUT2D eigenvalue weighted by atomic mass is 10.0. The van der Waals surface area contributed by atoms with Gasteiger partial charge in [0.25, 0.3) is 0 Å². The highest BCUT2D eigenvalue weighted by atomic mass is 16.6. The van der Waals surface area contributed by atoms with Gasteiger partial charge in [-0.15, -0.1) is 0 Å². The third-order valence-electron chi connectivity index (χ3n) is 5.80. The van der Waals surface area contributed by atoms with Crippen molar-refractivity contribution in [1.29, 1.82) is 0 Å². The Hall–Kier alpha value is -3.37. The Balaban J connectivity index is 1.53. The average Bonchev–Trinajstić information content (AvgIpc) is 2.90. The summed E-state index contributed by atoms with van der Waals surface area (Å²) in [5.41, 5.74) is 5.78. The molecule has 1 atom stereocenters. The van der Waals surface area contributed by atoms with Crippen LogP contribution >= 0.6 is 0 Å². The van der Waals surface area contributed by atoms with Crippen LogP contribution in [-0.4, -0.2) is 31.9 Å². The minimum atomic E-state index is -0.577. The topological polar surface area (TPSA) is 44.8 Å². The second kappa shape index (κ2) is 14.1. The summed E-state index contributed by atoms with van der Waals surface area (Å²) in [5.74, 6) is 0.484. The van der Waals surface area contributed by atoms with Gasteiger partial charge in [-0.1, -0.05) is 80.1 Å². The molecule has 0 radical (unpaired) electrons. The molecular weight excluding hydrogens is 436 g/mol. The monoisotopic (exact) mass is 472 g/mol. The van der Waals surface area contributed by atoms with Crippen molar-refractivity contribution in [2.75, 3.05) is 19.8 Å². The standard InChI is InChI=1S/C31H36O4/c1-4-6-21-35-30(31(32)33-5-2)23-25-12-18-29(19-13-25)34-22-20-24(3)26-14-16-28(17-15-26)27-10-8-7-9-11-27/h7-20,30H,4-6,21-23H2,1-3H3/b24-20+. The minimum absolute atomic E-state index is 0.304. The molecule has 0 saturated heterocycles. The SMILES string of the molecule is CCCCOC(Cc1ccc(OC/C=C(\C)c2ccc(-c3ccccc3)cc2)cc1)C(=O)OCC. The lowest BCUT2D eigenvalue weighted by Gasteiger charge is -2.16. The van der Waals surface area contributed by atoms with E-state index in [2.05, 4.69) is 68.5 Å². The molecule has 3 rings (SSSR count). The van der Waals surface area contributed by atoms with Crippen molar-refractivity contribution < 1.29 is 19.0 Å². The molecule has 4 heteroatoms. The molecule has 0 spiro atoms. The van der Waals surface area contributed by atoms with E-state index in [0.717, 1.165) is 24.2 Å². The fourth-order valence-electron chi connectivity index (χ4n) is 3.69. The molecule has 0 saturated carbocycles. The van der Waals surface area contributed by atoms with Crippen molar-refractivity contribution in [3.8, 4) is 16.9 Å². The van der Waals surface area contributed by atoms with E-state index < -0.39 is 6.10 Å². The van der Waals surface area contributed by atoms with Crippen LogP contribution in [0.1, 0.15) is 44.7 Å². The minimum Gasteiger partial charge on any atom is -0.490 e. The van der Waals surface area contributed by atoms with E-state index in [1.54, 1.807) is 0 Å². The molecule has 0 amide bonds. The fourth-order valence-corrected chi connectivity index (χ4v) is 3.69. The van der Waals surface area contributed by atoms with Gasteiger partial charge in [0.15, 0.2) is 6.10 Å². The zero-order chi connectivity index (χ0) is 24.9. The molecular formula is C31H36O4. The third-order valence-corrected chi connectivity index (χ3v) is 5.80. The summed E-state index contributed by atoms with van der Waals surface area (Å²) in [5, 5.41) is 0. The number of hydrogen-bond donors (Lipinski definition) is 0. The number of unbranched alkanes of at least 4 members (excludes halogenated alkanes) is 1. The van der Waals surface area contributed by atoms with E-state index in [-0.39, 0.29) is 5.97 Å². The first-order valence-electron chi connectivity index (χ1n) is 12.4. The molecule has 0 aromatic heterocycles. The van der Waals surface area contributed by atoms with E-state index in [0.29, 0.717) is 26.2 Å². The molecule has 184 valence electrons. The Kier molecular flexibility index (Phi) is 10.6. The number of carbonyl (C=O) groups excluding carboxylic acids is 1. The smallest absolute Gasteiger partial charge is 0.335 e. The summed E-state index contributed by atoms with van der Waals surface area (Å²) in [6.45, 7) is 7.39. The largest absolute Gasteiger partial charge is 0.490 e. The Morgan fingerprint density at radius 1 is 0.886 bits per heavy atom. The van der Waals surface area contributed by atoms with Gasteiger partial charge < -0.3 is 14.2 Å². The van der Waals surface area contributed by atoms with Crippen molar-refractivity contribution >= 4 is 11.5 Å². The predicted octanol–water partition coefficient (Wildman–Crippen LogP) is 7.13. The summed E-state index contributed by atoms with van der Waals surface area (Å²) in [7, 11) is 0. The number of carbonyl (C=O) groups is 1.